The molecule has 1 saturated carbocycles. The fourth-order valence-corrected chi connectivity index (χ4v) is 3.03. The molecule has 0 aromatic carbocycles. The minimum absolute atomic E-state index is 0.466. The van der Waals surface area contributed by atoms with E-state index in [1.165, 1.54) is 32.1 Å². The third-order valence-corrected chi connectivity index (χ3v) is 4.31. The zero-order chi connectivity index (χ0) is 15.6. The Morgan fingerprint density at radius 3 is 2.83 bits per heavy atom. The second kappa shape index (κ2) is 5.86. The number of imidazole rings is 1. The number of H-pyrrole nitrogens is 2. The summed E-state index contributed by atoms with van der Waals surface area (Å²) in [5.74, 6) is 1.33. The number of rotatable bonds is 4. The minimum Gasteiger partial charge on any atom is -0.365 e. The molecule has 23 heavy (non-hydrogen) atoms. The molecule has 3 heterocycles. The van der Waals surface area contributed by atoms with E-state index in [4.69, 9.17) is 0 Å². The summed E-state index contributed by atoms with van der Waals surface area (Å²) in [6.07, 6.45) is 9.61. The molecule has 3 aromatic rings. The Morgan fingerprint density at radius 1 is 1.17 bits per heavy atom. The molecule has 0 amide bonds. The van der Waals surface area contributed by atoms with Gasteiger partial charge in [-0.15, -0.1) is 0 Å². The number of nitrogens with zero attached hydrogens (tertiary/aromatic N) is 4. The van der Waals surface area contributed by atoms with E-state index in [0.29, 0.717) is 17.6 Å². The zero-order valence-electron chi connectivity index (χ0n) is 13.1. The van der Waals surface area contributed by atoms with Crippen molar-refractivity contribution in [3.63, 3.8) is 0 Å². The van der Waals surface area contributed by atoms with Crippen molar-refractivity contribution in [3.8, 4) is 0 Å². The third-order valence-electron chi connectivity index (χ3n) is 4.31. The number of fused-ring (bicyclic) bond motifs is 1. The van der Waals surface area contributed by atoms with Gasteiger partial charge in [-0.3, -0.25) is 5.10 Å². The molecule has 0 aliphatic heterocycles. The van der Waals surface area contributed by atoms with Crippen LogP contribution in [-0.2, 0) is 0 Å². The predicted octanol–water partition coefficient (Wildman–Crippen LogP) is 2.87. The van der Waals surface area contributed by atoms with Gasteiger partial charge in [0, 0.05) is 6.04 Å². The number of anilines is 3. The Morgan fingerprint density at radius 2 is 2.04 bits per heavy atom. The summed E-state index contributed by atoms with van der Waals surface area (Å²) in [6, 6.07) is 0.466. The van der Waals surface area contributed by atoms with E-state index in [0.717, 1.165) is 22.7 Å². The molecule has 4 rings (SSSR count). The number of aryl methyl sites for hydroxylation is 1. The molecular weight excluding hydrogens is 292 g/mol. The van der Waals surface area contributed by atoms with Crippen molar-refractivity contribution >= 4 is 28.6 Å². The second-order valence-corrected chi connectivity index (χ2v) is 6.01. The molecule has 0 spiro atoms. The van der Waals surface area contributed by atoms with E-state index >= 15 is 0 Å². The Labute approximate surface area is 133 Å². The fourth-order valence-electron chi connectivity index (χ4n) is 3.03. The van der Waals surface area contributed by atoms with Crippen molar-refractivity contribution in [2.24, 2.45) is 0 Å². The van der Waals surface area contributed by atoms with Crippen LogP contribution in [0.15, 0.2) is 12.5 Å². The highest BCUT2D eigenvalue weighted by molar-refractivity contribution is 5.84. The van der Waals surface area contributed by atoms with Gasteiger partial charge in [-0.2, -0.15) is 15.1 Å². The average molecular weight is 312 g/mol. The molecule has 1 fully saturated rings. The van der Waals surface area contributed by atoms with Crippen LogP contribution in [0, 0.1) is 6.92 Å². The van der Waals surface area contributed by atoms with Gasteiger partial charge < -0.3 is 15.6 Å². The lowest BCUT2D eigenvalue weighted by molar-refractivity contribution is 0.462. The summed E-state index contributed by atoms with van der Waals surface area (Å²) in [5.41, 5.74) is 3.31. The lowest BCUT2D eigenvalue weighted by Crippen LogP contribution is -2.23. The van der Waals surface area contributed by atoms with Crippen LogP contribution in [0.4, 0.5) is 17.5 Å². The largest absolute Gasteiger partial charge is 0.365 e. The number of nitrogens with one attached hydrogen (secondary N) is 4. The monoisotopic (exact) mass is 312 g/mol. The molecule has 4 N–H and O–H groups in total. The van der Waals surface area contributed by atoms with E-state index < -0.39 is 0 Å². The smallest absolute Gasteiger partial charge is 0.231 e. The van der Waals surface area contributed by atoms with Gasteiger partial charge in [0.1, 0.15) is 5.52 Å². The maximum absolute atomic E-state index is 4.64. The van der Waals surface area contributed by atoms with Crippen molar-refractivity contribution in [1.82, 2.24) is 30.1 Å². The van der Waals surface area contributed by atoms with Gasteiger partial charge in [0.2, 0.25) is 5.95 Å². The van der Waals surface area contributed by atoms with Crippen LogP contribution in [0.3, 0.4) is 0 Å². The van der Waals surface area contributed by atoms with E-state index in [9.17, 15) is 0 Å². The lowest BCUT2D eigenvalue weighted by atomic mass is 9.95. The Hall–Kier alpha value is -2.64. The van der Waals surface area contributed by atoms with E-state index in [-0.39, 0.29) is 0 Å². The first-order valence-electron chi connectivity index (χ1n) is 8.04. The summed E-state index contributed by atoms with van der Waals surface area (Å²) >= 11 is 0. The normalized spacial score (nSPS) is 15.9. The molecule has 120 valence electrons. The van der Waals surface area contributed by atoms with Crippen molar-refractivity contribution < 1.29 is 0 Å². The number of aromatic nitrogens is 6. The summed E-state index contributed by atoms with van der Waals surface area (Å²) in [6.45, 7) is 1.95. The van der Waals surface area contributed by atoms with Crippen LogP contribution in [0.25, 0.3) is 11.2 Å². The van der Waals surface area contributed by atoms with Crippen molar-refractivity contribution in [2.75, 3.05) is 10.6 Å². The molecule has 8 nitrogen and oxygen atoms in total. The Kier molecular flexibility index (Phi) is 3.57. The topological polar surface area (TPSA) is 107 Å². The lowest BCUT2D eigenvalue weighted by Gasteiger charge is -2.23. The quantitative estimate of drug-likeness (QED) is 0.590. The third kappa shape index (κ3) is 2.84. The first-order valence-corrected chi connectivity index (χ1v) is 8.04. The van der Waals surface area contributed by atoms with Gasteiger partial charge in [0.25, 0.3) is 0 Å². The van der Waals surface area contributed by atoms with Crippen LogP contribution >= 0.6 is 0 Å². The van der Waals surface area contributed by atoms with Crippen LogP contribution in [0.2, 0.25) is 0 Å². The van der Waals surface area contributed by atoms with Gasteiger partial charge >= 0.3 is 0 Å². The molecule has 3 aromatic heterocycles. The highest BCUT2D eigenvalue weighted by Gasteiger charge is 2.17. The zero-order valence-corrected chi connectivity index (χ0v) is 13.1. The van der Waals surface area contributed by atoms with Crippen LogP contribution < -0.4 is 10.6 Å². The number of hydrogen-bond acceptors (Lipinski definition) is 6. The van der Waals surface area contributed by atoms with Gasteiger partial charge in [-0.05, 0) is 19.8 Å². The first-order chi connectivity index (χ1) is 11.3. The minimum atomic E-state index is 0.466. The molecule has 0 unspecified atom stereocenters. The number of hydrogen-bond donors (Lipinski definition) is 4. The van der Waals surface area contributed by atoms with E-state index in [2.05, 4.69) is 40.8 Å². The van der Waals surface area contributed by atoms with Crippen molar-refractivity contribution in [2.45, 2.75) is 45.1 Å². The maximum atomic E-state index is 4.64. The fraction of sp³-hybridized carbons (Fsp3) is 0.467. The Bertz CT molecular complexity index is 799. The van der Waals surface area contributed by atoms with Gasteiger partial charge in [-0.1, -0.05) is 19.3 Å². The highest BCUT2D eigenvalue weighted by atomic mass is 15.2. The average Bonchev–Trinajstić information content (AvgIpc) is 3.18. The molecular formula is C15H20N8. The summed E-state index contributed by atoms with van der Waals surface area (Å²) in [7, 11) is 0. The second-order valence-electron chi connectivity index (χ2n) is 6.01. The molecule has 0 atom stereocenters. The van der Waals surface area contributed by atoms with Crippen molar-refractivity contribution in [1.29, 1.82) is 0 Å². The summed E-state index contributed by atoms with van der Waals surface area (Å²) < 4.78 is 0. The van der Waals surface area contributed by atoms with E-state index in [1.807, 2.05) is 6.92 Å². The molecule has 0 radical (unpaired) electrons. The molecule has 1 aliphatic carbocycles. The van der Waals surface area contributed by atoms with Crippen LogP contribution in [0.1, 0.15) is 37.8 Å². The summed E-state index contributed by atoms with van der Waals surface area (Å²) in [4.78, 5) is 16.5. The highest BCUT2D eigenvalue weighted by Crippen LogP contribution is 2.26. The summed E-state index contributed by atoms with van der Waals surface area (Å²) in [5, 5.41) is 13.7. The molecule has 0 saturated heterocycles. The Balaban J connectivity index is 1.65. The van der Waals surface area contributed by atoms with Gasteiger partial charge in [-0.25, -0.2) is 4.98 Å². The molecule has 1 aliphatic rings. The molecule has 0 bridgehead atoms. The van der Waals surface area contributed by atoms with Crippen LogP contribution in [-0.4, -0.2) is 36.2 Å². The standard InChI is InChI=1S/C15H20N8/c1-9-11(7-18-23-9)20-15-21-13-12(16-8-17-13)14(22-15)19-10-5-3-2-4-6-10/h7-8,10H,2-6H2,1H3,(H,18,23)(H3,16,17,19,20,21,22). The van der Waals surface area contributed by atoms with E-state index in [1.54, 1.807) is 12.5 Å². The predicted molar refractivity (Wildman–Crippen MR) is 88.8 cm³/mol. The van der Waals surface area contributed by atoms with Gasteiger partial charge in [0.15, 0.2) is 11.5 Å². The maximum Gasteiger partial charge on any atom is 0.231 e. The number of aromatic amines is 2. The van der Waals surface area contributed by atoms with Crippen molar-refractivity contribution in [3.05, 3.63) is 18.2 Å². The van der Waals surface area contributed by atoms with Gasteiger partial charge in [0.05, 0.1) is 23.9 Å². The SMILES string of the molecule is Cc1[nH]ncc1Nc1nc(NC2CCCCC2)c2[nH]cnc2n1. The van der Waals surface area contributed by atoms with Crippen LogP contribution in [0.5, 0.6) is 0 Å². The molecule has 8 heteroatoms. The first kappa shape index (κ1) is 14.0.